The third-order valence-corrected chi connectivity index (χ3v) is 1.87. The summed E-state index contributed by atoms with van der Waals surface area (Å²) in [6, 6.07) is 8.17. The Hall–Kier alpha value is -1.31. The Bertz CT molecular complexity index is 389. The van der Waals surface area contributed by atoms with Gasteiger partial charge in [0.05, 0.1) is 17.4 Å². The molecule has 2 aromatic rings. The molecule has 0 spiro atoms. The van der Waals surface area contributed by atoms with E-state index in [1.165, 1.54) is 18.4 Å². The van der Waals surface area contributed by atoms with Gasteiger partial charge in [0.2, 0.25) is 0 Å². The van der Waals surface area contributed by atoms with E-state index in [0.717, 1.165) is 12.1 Å². The Balaban J connectivity index is 0. The predicted octanol–water partition coefficient (Wildman–Crippen LogP) is 5.52. The van der Waals surface area contributed by atoms with Crippen LogP contribution in [0.1, 0.15) is 54.9 Å². The van der Waals surface area contributed by atoms with Crippen LogP contribution in [0.25, 0.3) is 11.0 Å². The average Bonchev–Trinajstić information content (AvgIpc) is 2.74. The van der Waals surface area contributed by atoms with Gasteiger partial charge in [-0.15, -0.1) is 0 Å². The van der Waals surface area contributed by atoms with E-state index in [-0.39, 0.29) is 7.43 Å². The molecule has 0 amide bonds. The lowest BCUT2D eigenvalue weighted by Gasteiger charge is -1.95. The number of nitrogens with zero attached hydrogens (tertiary/aromatic N) is 2. The highest BCUT2D eigenvalue weighted by Crippen LogP contribution is 2.10. The van der Waals surface area contributed by atoms with Crippen LogP contribution in [0.4, 0.5) is 0 Å². The molecule has 2 heteroatoms. The minimum Gasteiger partial charge on any atom is -0.331 e. The van der Waals surface area contributed by atoms with Crippen molar-refractivity contribution in [3.05, 3.63) is 30.6 Å². The molecular weight excluding hydrogens is 220 g/mol. The fourth-order valence-corrected chi connectivity index (χ4v) is 1.26. The van der Waals surface area contributed by atoms with Gasteiger partial charge in [-0.1, -0.05) is 60.1 Å². The largest absolute Gasteiger partial charge is 0.331 e. The summed E-state index contributed by atoms with van der Waals surface area (Å²) in [6.07, 6.45) is 4.38. The van der Waals surface area contributed by atoms with Gasteiger partial charge in [0.25, 0.3) is 0 Å². The number of para-hydroxylation sites is 2. The Morgan fingerprint density at radius 2 is 1.44 bits per heavy atom. The van der Waals surface area contributed by atoms with Gasteiger partial charge in [0.1, 0.15) is 0 Å². The van der Waals surface area contributed by atoms with E-state index >= 15 is 0 Å². The van der Waals surface area contributed by atoms with Gasteiger partial charge in [-0.3, -0.25) is 0 Å². The smallest absolute Gasteiger partial charge is 0.0958 e. The van der Waals surface area contributed by atoms with E-state index < -0.39 is 0 Å². The monoisotopic (exact) mass is 250 g/mol. The average molecular weight is 250 g/mol. The highest BCUT2D eigenvalue weighted by molar-refractivity contribution is 5.74. The van der Waals surface area contributed by atoms with E-state index in [9.17, 15) is 0 Å². The first kappa shape index (κ1) is 19.0. The molecule has 104 valence electrons. The Morgan fingerprint density at radius 3 is 1.94 bits per heavy atom. The quantitative estimate of drug-likeness (QED) is 0.651. The molecule has 0 N–H and O–H groups in total. The molecule has 0 fully saturated rings. The van der Waals surface area contributed by atoms with Crippen molar-refractivity contribution < 1.29 is 0 Å². The molecule has 0 aliphatic rings. The first-order valence-electron chi connectivity index (χ1n) is 6.64. The summed E-state index contributed by atoms with van der Waals surface area (Å²) in [7, 11) is 0. The number of fused-ring (bicyclic) bond motifs is 1. The van der Waals surface area contributed by atoms with Gasteiger partial charge in [-0.25, -0.2) is 4.98 Å². The number of benzene rings is 1. The first-order chi connectivity index (χ1) is 8.24. The van der Waals surface area contributed by atoms with Crippen LogP contribution in [-0.2, 0) is 6.54 Å². The number of imidazole rings is 1. The number of hydrogen-bond acceptors (Lipinski definition) is 1. The van der Waals surface area contributed by atoms with Crippen molar-refractivity contribution in [3.8, 4) is 0 Å². The normalized spacial score (nSPS) is 8.50. The van der Waals surface area contributed by atoms with Gasteiger partial charge >= 0.3 is 0 Å². The predicted molar refractivity (Wildman–Crippen MR) is 84.1 cm³/mol. The fraction of sp³-hybridized carbons (Fsp3) is 0.562. The van der Waals surface area contributed by atoms with Crippen LogP contribution in [0.15, 0.2) is 30.6 Å². The fourth-order valence-electron chi connectivity index (χ4n) is 1.26. The van der Waals surface area contributed by atoms with E-state index in [1.54, 1.807) is 0 Å². The minimum absolute atomic E-state index is 0. The maximum Gasteiger partial charge on any atom is 0.0958 e. The maximum absolute atomic E-state index is 4.25. The molecule has 18 heavy (non-hydrogen) atoms. The second-order valence-corrected chi connectivity index (χ2v) is 3.93. The van der Waals surface area contributed by atoms with Crippen molar-refractivity contribution in [1.29, 1.82) is 0 Å². The Morgan fingerprint density at radius 1 is 0.944 bits per heavy atom. The summed E-state index contributed by atoms with van der Waals surface area (Å²) in [6.45, 7) is 11.6. The second-order valence-electron chi connectivity index (χ2n) is 3.93. The third-order valence-electron chi connectivity index (χ3n) is 1.87. The molecule has 0 bridgehead atoms. The highest BCUT2D eigenvalue weighted by atomic mass is 15.0. The van der Waals surface area contributed by atoms with Crippen molar-refractivity contribution in [2.45, 2.75) is 61.4 Å². The van der Waals surface area contributed by atoms with Crippen LogP contribution >= 0.6 is 0 Å². The molecule has 0 unspecified atom stereocenters. The molecule has 1 heterocycles. The highest BCUT2D eigenvalue weighted by Gasteiger charge is 1.96. The molecule has 0 atom stereocenters. The first-order valence-corrected chi connectivity index (χ1v) is 6.64. The van der Waals surface area contributed by atoms with Crippen molar-refractivity contribution >= 4 is 11.0 Å². The topological polar surface area (TPSA) is 17.8 Å². The molecule has 2 rings (SSSR count). The molecule has 0 aliphatic heterocycles. The number of aromatic nitrogens is 2. The van der Waals surface area contributed by atoms with E-state index in [0.29, 0.717) is 0 Å². The molecule has 1 aromatic heterocycles. The Kier molecular flexibility index (Phi) is 12.9. The number of hydrogen-bond donors (Lipinski definition) is 0. The summed E-state index contributed by atoms with van der Waals surface area (Å²) in [5, 5.41) is 0. The maximum atomic E-state index is 4.25. The second kappa shape index (κ2) is 12.2. The van der Waals surface area contributed by atoms with Crippen molar-refractivity contribution in [1.82, 2.24) is 9.55 Å². The molecule has 0 radical (unpaired) electrons. The van der Waals surface area contributed by atoms with Gasteiger partial charge in [-0.2, -0.15) is 0 Å². The van der Waals surface area contributed by atoms with Gasteiger partial charge in [-0.05, 0) is 19.1 Å². The van der Waals surface area contributed by atoms with Gasteiger partial charge in [0, 0.05) is 6.54 Å². The molecule has 1 aromatic carbocycles. The molecule has 0 saturated carbocycles. The van der Waals surface area contributed by atoms with Crippen LogP contribution in [0, 0.1) is 0 Å². The van der Waals surface area contributed by atoms with E-state index in [2.05, 4.69) is 50.2 Å². The van der Waals surface area contributed by atoms with Crippen molar-refractivity contribution in [2.24, 2.45) is 0 Å². The summed E-state index contributed by atoms with van der Waals surface area (Å²) in [4.78, 5) is 4.25. The molecular formula is C16H30N2. The SMILES string of the molecule is C.CCC.CCC.CCn1cnc2ccccc21. The zero-order valence-corrected chi connectivity index (χ0v) is 11.9. The molecule has 0 saturated heterocycles. The van der Waals surface area contributed by atoms with Gasteiger partial charge < -0.3 is 4.57 Å². The lowest BCUT2D eigenvalue weighted by atomic mass is 10.3. The van der Waals surface area contributed by atoms with Crippen molar-refractivity contribution in [2.75, 3.05) is 0 Å². The lowest BCUT2D eigenvalue weighted by Crippen LogP contribution is -1.89. The summed E-state index contributed by atoms with van der Waals surface area (Å²) in [5.74, 6) is 0. The van der Waals surface area contributed by atoms with Crippen molar-refractivity contribution in [3.63, 3.8) is 0 Å². The lowest BCUT2D eigenvalue weighted by molar-refractivity contribution is 0.787. The minimum atomic E-state index is 0. The van der Waals surface area contributed by atoms with Gasteiger partial charge in [0.15, 0.2) is 0 Å². The molecule has 0 aliphatic carbocycles. The van der Waals surface area contributed by atoms with E-state index in [4.69, 9.17) is 0 Å². The van der Waals surface area contributed by atoms with Crippen LogP contribution < -0.4 is 0 Å². The van der Waals surface area contributed by atoms with Crippen LogP contribution in [0.2, 0.25) is 0 Å². The summed E-state index contributed by atoms with van der Waals surface area (Å²) in [5.41, 5.74) is 2.30. The summed E-state index contributed by atoms with van der Waals surface area (Å²) < 4.78 is 2.13. The molecule has 2 nitrogen and oxygen atoms in total. The number of rotatable bonds is 1. The van der Waals surface area contributed by atoms with Crippen LogP contribution in [0.5, 0.6) is 0 Å². The van der Waals surface area contributed by atoms with Crippen LogP contribution in [-0.4, -0.2) is 9.55 Å². The zero-order chi connectivity index (χ0) is 13.1. The standard InChI is InChI=1S/C9H10N2.2C3H8.CH4/c1-2-11-7-10-8-5-3-4-6-9(8)11;2*1-3-2;/h3-7H,2H2,1H3;2*3H2,1-2H3;1H4. The summed E-state index contributed by atoms with van der Waals surface area (Å²) >= 11 is 0. The zero-order valence-electron chi connectivity index (χ0n) is 11.9. The third kappa shape index (κ3) is 6.43. The Labute approximate surface area is 113 Å². The number of aryl methyl sites for hydroxylation is 1. The van der Waals surface area contributed by atoms with E-state index in [1.807, 2.05) is 24.5 Å². The van der Waals surface area contributed by atoms with Crippen LogP contribution in [0.3, 0.4) is 0 Å².